The van der Waals surface area contributed by atoms with Crippen LogP contribution in [0.15, 0.2) is 84.1 Å². The third-order valence-electron chi connectivity index (χ3n) is 4.37. The van der Waals surface area contributed by atoms with Gasteiger partial charge in [0.05, 0.1) is 22.9 Å². The molecule has 0 aromatic heterocycles. The summed E-state index contributed by atoms with van der Waals surface area (Å²) in [7, 11) is 0. The van der Waals surface area contributed by atoms with E-state index in [1.165, 1.54) is 29.2 Å². The van der Waals surface area contributed by atoms with E-state index in [9.17, 15) is 24.8 Å². The van der Waals surface area contributed by atoms with Gasteiger partial charge in [-0.1, -0.05) is 13.2 Å². The number of rotatable bonds is 11. The van der Waals surface area contributed by atoms with Gasteiger partial charge in [0.1, 0.15) is 6.04 Å². The van der Waals surface area contributed by atoms with E-state index in [1.807, 2.05) is 0 Å². The molecule has 0 aliphatic carbocycles. The highest BCUT2D eigenvalue weighted by Gasteiger charge is 2.29. The Bertz CT molecular complexity index is 1020. The molecule has 166 valence electrons. The second-order valence-corrected chi connectivity index (χ2v) is 6.44. The number of benzene rings is 2. The van der Waals surface area contributed by atoms with E-state index < -0.39 is 35.6 Å². The molecule has 0 radical (unpaired) electrons. The summed E-state index contributed by atoms with van der Waals surface area (Å²) in [5.74, 6) is -1.13. The second-order valence-electron chi connectivity index (χ2n) is 6.44. The summed E-state index contributed by atoms with van der Waals surface area (Å²) < 4.78 is 5.24. The van der Waals surface area contributed by atoms with Crippen LogP contribution in [-0.4, -0.2) is 40.7 Å². The first-order valence-corrected chi connectivity index (χ1v) is 9.45. The fourth-order valence-corrected chi connectivity index (χ4v) is 2.82. The topological polar surface area (TPSA) is 135 Å². The average molecular weight is 438 g/mol. The molecular formula is C22H22N4O6. The van der Waals surface area contributed by atoms with Crippen molar-refractivity contribution in [3.8, 4) is 0 Å². The van der Waals surface area contributed by atoms with Crippen LogP contribution in [-0.2, 0) is 14.3 Å². The zero-order valence-corrected chi connectivity index (χ0v) is 17.3. The smallest absolute Gasteiger partial charge is 0.332 e. The van der Waals surface area contributed by atoms with Crippen LogP contribution in [0.1, 0.15) is 6.92 Å². The average Bonchev–Trinajstić information content (AvgIpc) is 2.81. The molecule has 0 heterocycles. The van der Waals surface area contributed by atoms with Gasteiger partial charge in [0.2, 0.25) is 0 Å². The largest absolute Gasteiger partial charge is 0.439 e. The molecule has 10 heteroatoms. The first-order valence-electron chi connectivity index (χ1n) is 9.45. The van der Waals surface area contributed by atoms with Crippen molar-refractivity contribution in [3.63, 3.8) is 0 Å². The minimum absolute atomic E-state index is 0.0489. The second kappa shape index (κ2) is 11.3. The highest BCUT2D eigenvalue weighted by Crippen LogP contribution is 2.26. The van der Waals surface area contributed by atoms with Crippen LogP contribution in [0.2, 0.25) is 0 Å². The van der Waals surface area contributed by atoms with Crippen molar-refractivity contribution in [2.45, 2.75) is 19.2 Å². The maximum Gasteiger partial charge on any atom is 0.332 e. The van der Waals surface area contributed by atoms with E-state index in [4.69, 9.17) is 4.74 Å². The molecule has 1 N–H and O–H groups in total. The molecule has 2 rings (SSSR count). The SMILES string of the molecule is C=CC(=O)OC(C)N(c1ccc(/N=N/c2ccc([N+](=O)[O-])cc2)cc1)C(CO)C(=O)C=C. The molecule has 2 atom stereocenters. The predicted molar refractivity (Wildman–Crippen MR) is 118 cm³/mol. The zero-order valence-electron chi connectivity index (χ0n) is 17.3. The lowest BCUT2D eigenvalue weighted by Crippen LogP contribution is -2.49. The van der Waals surface area contributed by atoms with Gasteiger partial charge in [-0.3, -0.25) is 14.9 Å². The van der Waals surface area contributed by atoms with Gasteiger partial charge in [0.25, 0.3) is 5.69 Å². The molecule has 2 aromatic rings. The number of carbonyl (C=O) groups is 2. The van der Waals surface area contributed by atoms with Gasteiger partial charge < -0.3 is 14.7 Å². The Labute approximate surface area is 184 Å². The van der Waals surface area contributed by atoms with Crippen LogP contribution < -0.4 is 4.90 Å². The summed E-state index contributed by atoms with van der Waals surface area (Å²) in [6, 6.07) is 11.1. The van der Waals surface area contributed by atoms with Crippen molar-refractivity contribution in [1.29, 1.82) is 0 Å². The number of aliphatic hydroxyl groups is 1. The van der Waals surface area contributed by atoms with Gasteiger partial charge >= 0.3 is 5.97 Å². The number of esters is 1. The minimum Gasteiger partial charge on any atom is -0.439 e. The Morgan fingerprint density at radius 3 is 2.06 bits per heavy atom. The minimum atomic E-state index is -1.02. The molecule has 0 spiro atoms. The number of nitro benzene ring substituents is 1. The number of aliphatic hydroxyl groups excluding tert-OH is 1. The monoisotopic (exact) mass is 438 g/mol. The van der Waals surface area contributed by atoms with Crippen LogP contribution in [0.25, 0.3) is 0 Å². The maximum atomic E-state index is 12.3. The van der Waals surface area contributed by atoms with E-state index in [0.717, 1.165) is 12.2 Å². The first-order chi connectivity index (χ1) is 15.3. The van der Waals surface area contributed by atoms with Gasteiger partial charge in [-0.05, 0) is 49.4 Å². The predicted octanol–water partition coefficient (Wildman–Crippen LogP) is 4.01. The van der Waals surface area contributed by atoms with Crippen molar-refractivity contribution in [2.24, 2.45) is 10.2 Å². The maximum absolute atomic E-state index is 12.3. The van der Waals surface area contributed by atoms with Crippen LogP contribution in [0.4, 0.5) is 22.7 Å². The Morgan fingerprint density at radius 1 is 1.09 bits per heavy atom. The van der Waals surface area contributed by atoms with Crippen molar-refractivity contribution >= 4 is 34.5 Å². The third-order valence-corrected chi connectivity index (χ3v) is 4.37. The van der Waals surface area contributed by atoms with Crippen molar-refractivity contribution in [3.05, 3.63) is 84.0 Å². The van der Waals surface area contributed by atoms with Gasteiger partial charge in [0, 0.05) is 23.9 Å². The van der Waals surface area contributed by atoms with Crippen LogP contribution in [0.5, 0.6) is 0 Å². The Balaban J connectivity index is 2.28. The molecular weight excluding hydrogens is 416 g/mol. The normalized spacial score (nSPS) is 12.6. The molecule has 2 aromatic carbocycles. The third kappa shape index (κ3) is 6.16. The van der Waals surface area contributed by atoms with E-state index in [1.54, 1.807) is 31.2 Å². The van der Waals surface area contributed by atoms with Gasteiger partial charge in [-0.25, -0.2) is 4.79 Å². The summed E-state index contributed by atoms with van der Waals surface area (Å²) in [5, 5.41) is 28.6. The standard InChI is InChI=1S/C22H22N4O6/c1-4-21(28)20(14-27)25(15(3)32-22(29)5-2)18-10-6-16(7-11-18)23-24-17-8-12-19(13-9-17)26(30)31/h4-13,15,20,27H,1-2,14H2,3H3/b24-23+. The Morgan fingerprint density at radius 2 is 1.62 bits per heavy atom. The highest BCUT2D eigenvalue weighted by atomic mass is 16.6. The molecule has 0 aliphatic heterocycles. The quantitative estimate of drug-likeness (QED) is 0.140. The number of ether oxygens (including phenoxy) is 1. The Kier molecular flexibility index (Phi) is 8.49. The number of anilines is 1. The summed E-state index contributed by atoms with van der Waals surface area (Å²) >= 11 is 0. The molecule has 0 aliphatic rings. The Hall–Kier alpha value is -4.18. The van der Waals surface area contributed by atoms with Crippen molar-refractivity contribution < 1.29 is 24.4 Å². The van der Waals surface area contributed by atoms with E-state index in [0.29, 0.717) is 17.1 Å². The van der Waals surface area contributed by atoms with Gasteiger partial charge in [-0.2, -0.15) is 10.2 Å². The van der Waals surface area contributed by atoms with E-state index in [-0.39, 0.29) is 5.69 Å². The number of hydrogen-bond donors (Lipinski definition) is 1. The van der Waals surface area contributed by atoms with Crippen LogP contribution in [0, 0.1) is 10.1 Å². The lowest BCUT2D eigenvalue weighted by molar-refractivity contribution is -0.384. The first kappa shape index (κ1) is 24.1. The molecule has 10 nitrogen and oxygen atoms in total. The van der Waals surface area contributed by atoms with Gasteiger partial charge in [0.15, 0.2) is 12.0 Å². The lowest BCUT2D eigenvalue weighted by Gasteiger charge is -2.35. The number of ketones is 1. The molecule has 0 fully saturated rings. The highest BCUT2D eigenvalue weighted by molar-refractivity contribution is 5.96. The van der Waals surface area contributed by atoms with Gasteiger partial charge in [-0.15, -0.1) is 0 Å². The summed E-state index contributed by atoms with van der Waals surface area (Å²) in [6.07, 6.45) is 1.19. The van der Waals surface area contributed by atoms with Crippen LogP contribution in [0.3, 0.4) is 0 Å². The summed E-state index contributed by atoms with van der Waals surface area (Å²) in [6.45, 7) is 7.83. The molecule has 0 saturated carbocycles. The molecule has 0 bridgehead atoms. The number of azo groups is 1. The fourth-order valence-electron chi connectivity index (χ4n) is 2.82. The lowest BCUT2D eigenvalue weighted by atomic mass is 10.1. The number of hydrogen-bond acceptors (Lipinski definition) is 9. The van der Waals surface area contributed by atoms with Crippen LogP contribution >= 0.6 is 0 Å². The van der Waals surface area contributed by atoms with Crippen molar-refractivity contribution in [2.75, 3.05) is 11.5 Å². The fraction of sp³-hybridized carbons (Fsp3) is 0.182. The summed E-state index contributed by atoms with van der Waals surface area (Å²) in [5.41, 5.74) is 1.34. The number of nitrogens with zero attached hydrogens (tertiary/aromatic N) is 4. The number of non-ortho nitro benzene ring substituents is 1. The van der Waals surface area contributed by atoms with E-state index >= 15 is 0 Å². The summed E-state index contributed by atoms with van der Waals surface area (Å²) in [4.78, 5) is 35.5. The van der Waals surface area contributed by atoms with Crippen molar-refractivity contribution in [1.82, 2.24) is 0 Å². The number of carbonyl (C=O) groups excluding carboxylic acids is 2. The zero-order chi connectivity index (χ0) is 23.7. The molecule has 0 saturated heterocycles. The molecule has 2 unspecified atom stereocenters. The number of nitro groups is 1. The molecule has 32 heavy (non-hydrogen) atoms. The van der Waals surface area contributed by atoms with E-state index in [2.05, 4.69) is 23.4 Å². The molecule has 0 amide bonds.